The van der Waals surface area contributed by atoms with Gasteiger partial charge in [-0.3, -0.25) is 4.79 Å². The molecule has 0 saturated heterocycles. The number of hydrogen-bond donors (Lipinski definition) is 0. The van der Waals surface area contributed by atoms with Crippen molar-refractivity contribution in [2.45, 2.75) is 10.9 Å². The standard InChI is InChI=1S/C27H21BrO2/c28-27(26(29)23-14-8-3-9-15-23)30-24-18-16-22(17-19-24)25(20-10-4-1-5-11-20)21-12-6-2-7-13-21/h1-19,25,27H. The van der Waals surface area contributed by atoms with Gasteiger partial charge in [0.15, 0.2) is 0 Å². The Morgan fingerprint density at radius 3 is 1.53 bits per heavy atom. The first-order valence-electron chi connectivity index (χ1n) is 9.82. The average molecular weight is 457 g/mol. The maximum absolute atomic E-state index is 12.5. The van der Waals surface area contributed by atoms with Gasteiger partial charge in [0.05, 0.1) is 0 Å². The zero-order valence-electron chi connectivity index (χ0n) is 16.3. The zero-order chi connectivity index (χ0) is 20.8. The topological polar surface area (TPSA) is 26.3 Å². The first-order valence-corrected chi connectivity index (χ1v) is 10.7. The minimum atomic E-state index is -0.732. The molecule has 4 aromatic carbocycles. The van der Waals surface area contributed by atoms with E-state index < -0.39 is 5.01 Å². The molecule has 0 N–H and O–H groups in total. The molecule has 0 bridgehead atoms. The summed E-state index contributed by atoms with van der Waals surface area (Å²) >= 11 is 3.37. The fraction of sp³-hybridized carbons (Fsp3) is 0.0741. The van der Waals surface area contributed by atoms with E-state index in [0.717, 1.165) is 0 Å². The summed E-state index contributed by atoms with van der Waals surface area (Å²) in [6.45, 7) is 0. The molecule has 0 saturated carbocycles. The van der Waals surface area contributed by atoms with Crippen molar-refractivity contribution in [2.75, 3.05) is 0 Å². The van der Waals surface area contributed by atoms with Crippen LogP contribution >= 0.6 is 15.9 Å². The number of ketones is 1. The van der Waals surface area contributed by atoms with Gasteiger partial charge >= 0.3 is 0 Å². The number of halogens is 1. The first-order chi connectivity index (χ1) is 14.7. The van der Waals surface area contributed by atoms with Crippen LogP contribution in [-0.4, -0.2) is 10.8 Å². The van der Waals surface area contributed by atoms with E-state index >= 15 is 0 Å². The summed E-state index contributed by atoms with van der Waals surface area (Å²) in [6, 6.07) is 38.0. The molecule has 0 fully saturated rings. The third-order valence-corrected chi connectivity index (χ3v) is 5.59. The summed E-state index contributed by atoms with van der Waals surface area (Å²) in [5.74, 6) is 0.670. The molecule has 0 aliphatic carbocycles. The quantitative estimate of drug-likeness (QED) is 0.172. The van der Waals surface area contributed by atoms with E-state index in [1.807, 2.05) is 42.5 Å². The predicted molar refractivity (Wildman–Crippen MR) is 124 cm³/mol. The minimum absolute atomic E-state index is 0.105. The highest BCUT2D eigenvalue weighted by atomic mass is 79.9. The lowest BCUT2D eigenvalue weighted by molar-refractivity contribution is 0.0897. The van der Waals surface area contributed by atoms with E-state index in [9.17, 15) is 4.79 Å². The van der Waals surface area contributed by atoms with Crippen LogP contribution in [0.1, 0.15) is 33.0 Å². The predicted octanol–water partition coefficient (Wildman–Crippen LogP) is 6.85. The van der Waals surface area contributed by atoms with Crippen LogP contribution in [0.4, 0.5) is 0 Å². The number of ether oxygens (including phenoxy) is 1. The second kappa shape index (κ2) is 9.55. The third kappa shape index (κ3) is 4.69. The Kier molecular flexibility index (Phi) is 6.41. The van der Waals surface area contributed by atoms with E-state index in [1.165, 1.54) is 16.7 Å². The number of benzene rings is 4. The van der Waals surface area contributed by atoms with Gasteiger partial charge in [0.25, 0.3) is 0 Å². The van der Waals surface area contributed by atoms with Gasteiger partial charge in [-0.1, -0.05) is 103 Å². The Bertz CT molecular complexity index is 1040. The van der Waals surface area contributed by atoms with Gasteiger partial charge in [-0.2, -0.15) is 0 Å². The summed E-state index contributed by atoms with van der Waals surface area (Å²) in [5, 5.41) is -0.732. The van der Waals surface area contributed by atoms with Crippen molar-refractivity contribution in [1.29, 1.82) is 0 Å². The fourth-order valence-corrected chi connectivity index (χ4v) is 3.99. The second-order valence-corrected chi connectivity index (χ2v) is 7.82. The molecule has 2 nitrogen and oxygen atoms in total. The molecule has 4 rings (SSSR count). The third-order valence-electron chi connectivity index (χ3n) is 4.98. The van der Waals surface area contributed by atoms with Crippen LogP contribution in [0.25, 0.3) is 0 Å². The fourth-order valence-electron chi connectivity index (χ4n) is 3.51. The normalized spacial score (nSPS) is 11.8. The van der Waals surface area contributed by atoms with Gasteiger partial charge in [-0.05, 0) is 44.8 Å². The van der Waals surface area contributed by atoms with Crippen LogP contribution in [0, 0.1) is 0 Å². The van der Waals surface area contributed by atoms with Crippen molar-refractivity contribution in [2.24, 2.45) is 0 Å². The zero-order valence-corrected chi connectivity index (χ0v) is 17.9. The van der Waals surface area contributed by atoms with E-state index in [4.69, 9.17) is 4.74 Å². The van der Waals surface area contributed by atoms with Gasteiger partial charge in [-0.15, -0.1) is 0 Å². The molecule has 0 aromatic heterocycles. The lowest BCUT2D eigenvalue weighted by Gasteiger charge is -2.19. The van der Waals surface area contributed by atoms with Crippen molar-refractivity contribution in [3.63, 3.8) is 0 Å². The highest BCUT2D eigenvalue weighted by molar-refractivity contribution is 9.09. The highest BCUT2D eigenvalue weighted by Crippen LogP contribution is 2.33. The smallest absolute Gasteiger partial charge is 0.215 e. The number of carbonyl (C=O) groups excluding carboxylic acids is 1. The lowest BCUT2D eigenvalue weighted by Crippen LogP contribution is -2.20. The van der Waals surface area contributed by atoms with Gasteiger partial charge in [0, 0.05) is 11.5 Å². The molecule has 1 atom stereocenters. The molecule has 0 aliphatic rings. The Morgan fingerprint density at radius 1 is 0.600 bits per heavy atom. The molecule has 0 aliphatic heterocycles. The molecular formula is C27H21BrO2. The molecule has 148 valence electrons. The average Bonchev–Trinajstić information content (AvgIpc) is 2.82. The van der Waals surface area contributed by atoms with Crippen LogP contribution in [0.15, 0.2) is 115 Å². The van der Waals surface area contributed by atoms with Crippen molar-refractivity contribution in [3.8, 4) is 5.75 Å². The van der Waals surface area contributed by atoms with Crippen molar-refractivity contribution >= 4 is 21.7 Å². The highest BCUT2D eigenvalue weighted by Gasteiger charge is 2.20. The Labute approximate surface area is 185 Å². The summed E-state index contributed by atoms with van der Waals surface area (Å²) in [4.78, 5) is 12.5. The molecule has 4 aromatic rings. The maximum atomic E-state index is 12.5. The van der Waals surface area contributed by atoms with E-state index in [0.29, 0.717) is 11.3 Å². The van der Waals surface area contributed by atoms with Gasteiger partial charge in [0.2, 0.25) is 10.8 Å². The van der Waals surface area contributed by atoms with Crippen LogP contribution in [0.2, 0.25) is 0 Å². The Balaban J connectivity index is 1.56. The molecule has 1 unspecified atom stereocenters. The number of carbonyl (C=O) groups is 1. The van der Waals surface area contributed by atoms with Gasteiger partial charge < -0.3 is 4.74 Å². The van der Waals surface area contributed by atoms with Crippen molar-refractivity contribution in [1.82, 2.24) is 0 Å². The number of alkyl halides is 1. The Hall–Kier alpha value is -3.17. The maximum Gasteiger partial charge on any atom is 0.215 e. The first kappa shape index (κ1) is 20.1. The number of hydrogen-bond acceptors (Lipinski definition) is 2. The SMILES string of the molecule is O=C(c1ccccc1)C(Br)Oc1ccc(C(c2ccccc2)c2ccccc2)cc1. The molecule has 0 heterocycles. The summed E-state index contributed by atoms with van der Waals surface area (Å²) in [7, 11) is 0. The van der Waals surface area contributed by atoms with Crippen LogP contribution in [0.5, 0.6) is 5.75 Å². The van der Waals surface area contributed by atoms with Crippen molar-refractivity contribution in [3.05, 3.63) is 138 Å². The monoisotopic (exact) mass is 456 g/mol. The van der Waals surface area contributed by atoms with Crippen LogP contribution < -0.4 is 4.74 Å². The molecule has 0 amide bonds. The number of Topliss-reactive ketones (excluding diaryl/α,β-unsaturated/α-hetero) is 1. The molecule has 30 heavy (non-hydrogen) atoms. The summed E-state index contributed by atoms with van der Waals surface area (Å²) in [5.41, 5.74) is 4.24. The van der Waals surface area contributed by atoms with Gasteiger partial charge in [0.1, 0.15) is 5.75 Å². The van der Waals surface area contributed by atoms with E-state index in [2.05, 4.69) is 76.6 Å². The number of rotatable bonds is 7. The summed E-state index contributed by atoms with van der Waals surface area (Å²) < 4.78 is 5.84. The second-order valence-electron chi connectivity index (χ2n) is 6.99. The molecule has 3 heteroatoms. The largest absolute Gasteiger partial charge is 0.471 e. The lowest BCUT2D eigenvalue weighted by atomic mass is 9.85. The molecular weight excluding hydrogens is 436 g/mol. The van der Waals surface area contributed by atoms with Crippen LogP contribution in [-0.2, 0) is 0 Å². The van der Waals surface area contributed by atoms with Crippen molar-refractivity contribution < 1.29 is 9.53 Å². The van der Waals surface area contributed by atoms with Crippen LogP contribution in [0.3, 0.4) is 0 Å². The van der Waals surface area contributed by atoms with Gasteiger partial charge in [-0.25, -0.2) is 0 Å². The summed E-state index contributed by atoms with van der Waals surface area (Å²) in [6.07, 6.45) is 0. The minimum Gasteiger partial charge on any atom is -0.471 e. The van der Waals surface area contributed by atoms with E-state index in [-0.39, 0.29) is 11.7 Å². The molecule has 0 radical (unpaired) electrons. The van der Waals surface area contributed by atoms with E-state index in [1.54, 1.807) is 12.1 Å². The Morgan fingerprint density at radius 2 is 1.03 bits per heavy atom. The molecule has 0 spiro atoms.